The topological polar surface area (TPSA) is 65.5 Å². The zero-order valence-corrected chi connectivity index (χ0v) is 14.9. The minimum absolute atomic E-state index is 0.0687. The van der Waals surface area contributed by atoms with Gasteiger partial charge in [-0.15, -0.1) is 0 Å². The van der Waals surface area contributed by atoms with E-state index in [0.717, 1.165) is 12.0 Å². The number of aryl methyl sites for hydroxylation is 1. The van der Waals surface area contributed by atoms with Crippen LogP contribution in [0.5, 0.6) is 0 Å². The Morgan fingerprint density at radius 3 is 2.24 bits per heavy atom. The maximum absolute atomic E-state index is 12.0. The second kappa shape index (κ2) is 10.1. The molecule has 0 unspecified atom stereocenters. The fourth-order valence-corrected chi connectivity index (χ4v) is 2.50. The van der Waals surface area contributed by atoms with Gasteiger partial charge in [-0.2, -0.15) is 0 Å². The number of benzene rings is 2. The van der Waals surface area contributed by atoms with E-state index in [0.29, 0.717) is 19.0 Å². The van der Waals surface area contributed by atoms with E-state index in [1.807, 2.05) is 42.5 Å². The van der Waals surface area contributed by atoms with Crippen LogP contribution in [0, 0.1) is 0 Å². The summed E-state index contributed by atoms with van der Waals surface area (Å²) >= 11 is 0. The van der Waals surface area contributed by atoms with Crippen LogP contribution in [0.4, 0.5) is 0 Å². The van der Waals surface area contributed by atoms with Gasteiger partial charge in [0.05, 0.1) is 6.54 Å². The Kier molecular flexibility index (Phi) is 7.50. The zero-order chi connectivity index (χ0) is 17.9. The third-order valence-corrected chi connectivity index (χ3v) is 3.92. The van der Waals surface area contributed by atoms with Crippen molar-refractivity contribution in [3.63, 3.8) is 0 Å². The highest BCUT2D eigenvalue weighted by atomic mass is 16.1. The summed E-state index contributed by atoms with van der Waals surface area (Å²) < 4.78 is 0. The molecule has 132 valence electrons. The minimum atomic E-state index is -0.0687. The molecule has 5 nitrogen and oxygen atoms in total. The summed E-state index contributed by atoms with van der Waals surface area (Å²) in [7, 11) is 1.70. The number of nitrogens with one attached hydrogen (secondary N) is 3. The van der Waals surface area contributed by atoms with Crippen molar-refractivity contribution in [3.05, 3.63) is 71.3 Å². The number of nitrogens with zero attached hydrogens (tertiary/aromatic N) is 1. The highest BCUT2D eigenvalue weighted by Crippen LogP contribution is 2.08. The molecule has 0 bridgehead atoms. The van der Waals surface area contributed by atoms with Crippen molar-refractivity contribution >= 4 is 11.9 Å². The molecule has 0 aliphatic heterocycles. The number of amides is 1. The van der Waals surface area contributed by atoms with Crippen LogP contribution in [-0.2, 0) is 24.3 Å². The van der Waals surface area contributed by atoms with Gasteiger partial charge < -0.3 is 16.0 Å². The van der Waals surface area contributed by atoms with Crippen LogP contribution >= 0.6 is 0 Å². The molecule has 0 atom stereocenters. The summed E-state index contributed by atoms with van der Waals surface area (Å²) in [6.07, 6.45) is 0.992. The second-order valence-electron chi connectivity index (χ2n) is 5.66. The fraction of sp³-hybridized carbons (Fsp3) is 0.300. The van der Waals surface area contributed by atoms with Crippen molar-refractivity contribution in [2.45, 2.75) is 26.4 Å². The highest BCUT2D eigenvalue weighted by Gasteiger charge is 2.05. The highest BCUT2D eigenvalue weighted by molar-refractivity contribution is 5.86. The van der Waals surface area contributed by atoms with Crippen LogP contribution < -0.4 is 16.0 Å². The Balaban J connectivity index is 1.75. The van der Waals surface area contributed by atoms with Crippen molar-refractivity contribution in [2.24, 2.45) is 4.99 Å². The van der Waals surface area contributed by atoms with Gasteiger partial charge in [0.1, 0.15) is 0 Å². The first-order valence-electron chi connectivity index (χ1n) is 8.54. The molecule has 2 rings (SSSR count). The number of aliphatic imine (C=N–C) groups is 1. The molecule has 2 aromatic rings. The van der Waals surface area contributed by atoms with E-state index < -0.39 is 0 Å². The summed E-state index contributed by atoms with van der Waals surface area (Å²) in [6, 6.07) is 18.2. The molecule has 0 fully saturated rings. The van der Waals surface area contributed by atoms with Gasteiger partial charge in [-0.1, -0.05) is 61.5 Å². The average Bonchev–Trinajstić information content (AvgIpc) is 2.67. The minimum Gasteiger partial charge on any atom is -0.352 e. The third kappa shape index (κ3) is 6.30. The smallest absolute Gasteiger partial charge is 0.239 e. The third-order valence-electron chi connectivity index (χ3n) is 3.92. The summed E-state index contributed by atoms with van der Waals surface area (Å²) in [4.78, 5) is 16.1. The molecule has 5 heteroatoms. The quantitative estimate of drug-likeness (QED) is 0.536. The van der Waals surface area contributed by atoms with Crippen molar-refractivity contribution < 1.29 is 4.79 Å². The molecule has 0 heterocycles. The molecular weight excluding hydrogens is 312 g/mol. The second-order valence-corrected chi connectivity index (χ2v) is 5.66. The van der Waals surface area contributed by atoms with Gasteiger partial charge in [0.25, 0.3) is 0 Å². The van der Waals surface area contributed by atoms with Crippen molar-refractivity contribution in [1.29, 1.82) is 0 Å². The first kappa shape index (κ1) is 18.5. The van der Waals surface area contributed by atoms with E-state index in [2.05, 4.69) is 40.0 Å². The van der Waals surface area contributed by atoms with Crippen molar-refractivity contribution in [2.75, 3.05) is 13.6 Å². The maximum Gasteiger partial charge on any atom is 0.239 e. The lowest BCUT2D eigenvalue weighted by molar-refractivity contribution is -0.120. The largest absolute Gasteiger partial charge is 0.352 e. The first-order chi connectivity index (χ1) is 12.2. The SMILES string of the molecule is CCc1ccccc1CNC(=NC)NCC(=O)NCc1ccccc1. The van der Waals surface area contributed by atoms with Crippen molar-refractivity contribution in [1.82, 2.24) is 16.0 Å². The van der Waals surface area contributed by atoms with Gasteiger partial charge in [0.2, 0.25) is 5.91 Å². The van der Waals surface area contributed by atoms with Gasteiger partial charge in [-0.3, -0.25) is 9.79 Å². The van der Waals surface area contributed by atoms with Gasteiger partial charge in [0, 0.05) is 20.1 Å². The molecule has 0 spiro atoms. The number of hydrogen-bond acceptors (Lipinski definition) is 2. The molecule has 0 aliphatic rings. The number of rotatable bonds is 7. The van der Waals surface area contributed by atoms with Gasteiger partial charge >= 0.3 is 0 Å². The lowest BCUT2D eigenvalue weighted by Gasteiger charge is -2.14. The van der Waals surface area contributed by atoms with Crippen LogP contribution in [0.25, 0.3) is 0 Å². The van der Waals surface area contributed by atoms with E-state index in [9.17, 15) is 4.79 Å². The Hall–Kier alpha value is -2.82. The first-order valence-corrected chi connectivity index (χ1v) is 8.54. The predicted octanol–water partition coefficient (Wildman–Crippen LogP) is 2.23. The van der Waals surface area contributed by atoms with Crippen LogP contribution in [0.1, 0.15) is 23.6 Å². The molecule has 0 saturated carbocycles. The fourth-order valence-electron chi connectivity index (χ4n) is 2.50. The summed E-state index contributed by atoms with van der Waals surface area (Å²) in [5.41, 5.74) is 3.63. The normalized spacial score (nSPS) is 11.0. The van der Waals surface area contributed by atoms with Gasteiger partial charge in [-0.05, 0) is 23.1 Å². The lowest BCUT2D eigenvalue weighted by Crippen LogP contribution is -2.42. The summed E-state index contributed by atoms with van der Waals surface area (Å²) in [5, 5.41) is 9.17. The van der Waals surface area contributed by atoms with Crippen LogP contribution in [0.15, 0.2) is 59.6 Å². The molecule has 25 heavy (non-hydrogen) atoms. The van der Waals surface area contributed by atoms with Crippen molar-refractivity contribution in [3.8, 4) is 0 Å². The Labute approximate surface area is 149 Å². The van der Waals surface area contributed by atoms with Crippen LogP contribution in [-0.4, -0.2) is 25.5 Å². The lowest BCUT2D eigenvalue weighted by atomic mass is 10.1. The molecule has 0 saturated heterocycles. The monoisotopic (exact) mass is 338 g/mol. The number of carbonyl (C=O) groups excluding carboxylic acids is 1. The van der Waals surface area contributed by atoms with E-state index in [-0.39, 0.29) is 12.5 Å². The molecular formula is C20H26N4O. The molecule has 0 aromatic heterocycles. The Morgan fingerprint density at radius 1 is 0.880 bits per heavy atom. The van der Waals surface area contributed by atoms with Crippen LogP contribution in [0.3, 0.4) is 0 Å². The number of guanidine groups is 1. The number of hydrogen-bond donors (Lipinski definition) is 3. The van der Waals surface area contributed by atoms with Gasteiger partial charge in [-0.25, -0.2) is 0 Å². The van der Waals surface area contributed by atoms with E-state index in [4.69, 9.17) is 0 Å². The molecule has 2 aromatic carbocycles. The van der Waals surface area contributed by atoms with Crippen LogP contribution in [0.2, 0.25) is 0 Å². The Morgan fingerprint density at radius 2 is 1.56 bits per heavy atom. The van der Waals surface area contributed by atoms with E-state index in [1.54, 1.807) is 7.05 Å². The zero-order valence-electron chi connectivity index (χ0n) is 14.9. The van der Waals surface area contributed by atoms with Gasteiger partial charge in [0.15, 0.2) is 5.96 Å². The standard InChI is InChI=1S/C20H26N4O/c1-3-17-11-7-8-12-18(17)14-23-20(21-2)24-15-19(25)22-13-16-9-5-4-6-10-16/h4-12H,3,13-15H2,1-2H3,(H,22,25)(H2,21,23,24). The Bertz CT molecular complexity index is 698. The van der Waals surface area contributed by atoms with E-state index in [1.165, 1.54) is 11.1 Å². The summed E-state index contributed by atoms with van der Waals surface area (Å²) in [5.74, 6) is 0.543. The van der Waals surface area contributed by atoms with E-state index >= 15 is 0 Å². The molecule has 3 N–H and O–H groups in total. The molecule has 0 radical (unpaired) electrons. The summed E-state index contributed by atoms with van der Waals surface area (Å²) in [6.45, 7) is 3.53. The maximum atomic E-state index is 12.0. The molecule has 0 aliphatic carbocycles. The molecule has 1 amide bonds. The predicted molar refractivity (Wildman–Crippen MR) is 102 cm³/mol. The number of carbonyl (C=O) groups is 1. The average molecular weight is 338 g/mol.